The number of aliphatic hydroxyl groups is 2. The highest BCUT2D eigenvalue weighted by Crippen LogP contribution is 2.28. The second-order valence-corrected chi connectivity index (χ2v) is 12.6. The first-order valence-corrected chi connectivity index (χ1v) is 16.8. The third kappa shape index (κ3) is 11.3. The Kier molecular flexibility index (Phi) is 15.4. The minimum absolute atomic E-state index is 0.112. The minimum atomic E-state index is -1.76. The molecule has 3 rings (SSSR count). The van der Waals surface area contributed by atoms with Crippen LogP contribution in [0.5, 0.6) is 0 Å². The van der Waals surface area contributed by atoms with Crippen LogP contribution < -0.4 is 38.7 Å². The van der Waals surface area contributed by atoms with Gasteiger partial charge in [-0.25, -0.2) is 9.59 Å². The van der Waals surface area contributed by atoms with E-state index >= 15 is 0 Å². The van der Waals surface area contributed by atoms with Crippen LogP contribution in [-0.4, -0.2) is 99.1 Å². The fraction of sp³-hybridized carbons (Fsp3) is 0.576. The molecule has 1 aliphatic heterocycles. The van der Waals surface area contributed by atoms with Gasteiger partial charge in [-0.3, -0.25) is 28.7 Å². The molecule has 1 saturated heterocycles. The molecule has 0 saturated carbocycles. The maximum Gasteiger partial charge on any atom is 0.330 e. The first-order valence-electron chi connectivity index (χ1n) is 16.8. The van der Waals surface area contributed by atoms with E-state index in [0.717, 1.165) is 5.56 Å². The van der Waals surface area contributed by atoms with Crippen molar-refractivity contribution in [3.05, 3.63) is 68.7 Å². The van der Waals surface area contributed by atoms with E-state index in [2.05, 4.69) is 16.0 Å². The van der Waals surface area contributed by atoms with Gasteiger partial charge in [0.1, 0.15) is 43.0 Å². The van der Waals surface area contributed by atoms with Gasteiger partial charge in [0, 0.05) is 6.42 Å². The molecule has 1 aliphatic rings. The van der Waals surface area contributed by atoms with E-state index in [1.54, 1.807) is 49.2 Å². The molecule has 1 aromatic carbocycles. The molecule has 282 valence electrons. The summed E-state index contributed by atoms with van der Waals surface area (Å²) in [6.07, 6.45) is -3.67. The largest absolute Gasteiger partial charge is 0.461 e. The molecule has 17 nitrogen and oxygen atoms in total. The minimum Gasteiger partial charge on any atom is -0.461 e. The van der Waals surface area contributed by atoms with Gasteiger partial charge in [-0.2, -0.15) is 4.39 Å². The van der Waals surface area contributed by atoms with Crippen molar-refractivity contribution < 1.29 is 43.3 Å². The third-order valence-corrected chi connectivity index (χ3v) is 8.66. The zero-order chi connectivity index (χ0) is 37.8. The smallest absolute Gasteiger partial charge is 0.330 e. The molecule has 0 spiro atoms. The second-order valence-electron chi connectivity index (χ2n) is 12.6. The number of aromatic amines is 1. The Morgan fingerprint density at radius 3 is 2.35 bits per heavy atom. The molecule has 18 heteroatoms. The van der Waals surface area contributed by atoms with Crippen molar-refractivity contribution in [3.63, 3.8) is 0 Å². The number of rotatable bonds is 18. The maximum absolute atomic E-state index is 13.8. The van der Waals surface area contributed by atoms with Crippen molar-refractivity contribution in [2.24, 2.45) is 17.4 Å². The Hall–Kier alpha value is -4.49. The second kappa shape index (κ2) is 19.2. The first-order chi connectivity index (χ1) is 24.2. The summed E-state index contributed by atoms with van der Waals surface area (Å²) in [6.45, 7) is 4.68. The summed E-state index contributed by atoms with van der Waals surface area (Å²) in [5.74, 6) is -4.65. The Labute approximate surface area is 293 Å². The topological polar surface area (TPSA) is 270 Å². The lowest BCUT2D eigenvalue weighted by Crippen LogP contribution is -2.57. The molecule has 9 atom stereocenters. The molecule has 1 fully saturated rings. The zero-order valence-electron chi connectivity index (χ0n) is 28.8. The molecule has 0 unspecified atom stereocenters. The van der Waals surface area contributed by atoms with Gasteiger partial charge >= 0.3 is 11.7 Å². The number of nitrogens with zero attached hydrogens (tertiary/aromatic N) is 1. The van der Waals surface area contributed by atoms with Gasteiger partial charge in [0.25, 0.3) is 5.56 Å². The van der Waals surface area contributed by atoms with E-state index in [9.17, 15) is 43.4 Å². The number of H-pyrrole nitrogens is 1. The lowest BCUT2D eigenvalue weighted by Gasteiger charge is -2.26. The number of carbonyl (C=O) groups is 4. The molecular weight excluding hydrogens is 673 g/mol. The van der Waals surface area contributed by atoms with E-state index in [0.29, 0.717) is 43.0 Å². The average Bonchev–Trinajstić information content (AvgIpc) is 3.39. The number of halogens is 1. The van der Waals surface area contributed by atoms with E-state index in [1.807, 2.05) is 0 Å². The average molecular weight is 722 g/mol. The Morgan fingerprint density at radius 1 is 1.02 bits per heavy atom. The number of hydrogen-bond donors (Lipinski definition) is 8. The number of aliphatic hydroxyl groups excluding tert-OH is 2. The van der Waals surface area contributed by atoms with Crippen LogP contribution in [0, 0.1) is 11.7 Å². The van der Waals surface area contributed by atoms with Crippen LogP contribution in [0.1, 0.15) is 58.2 Å². The van der Waals surface area contributed by atoms with Crippen LogP contribution in [0.15, 0.2) is 46.1 Å². The number of esters is 1. The summed E-state index contributed by atoms with van der Waals surface area (Å²) >= 11 is 0. The SMILES string of the molecule is CC[C@H](C)[C@H](NC(=O)[C@H](C)NC(=O)[C@H](Cc1ccccc1)NC(=O)[C@@H](N)CCCCN)C(=O)OC[C@H]1O[C@@H](n2cc(F)c(=O)[nH]c2=O)[C@H](O)[C@@H]1O. The van der Waals surface area contributed by atoms with Crippen LogP contribution in [0.3, 0.4) is 0 Å². The number of aromatic nitrogens is 2. The maximum atomic E-state index is 13.8. The Bertz CT molecular complexity index is 1610. The molecule has 3 amide bonds. The van der Waals surface area contributed by atoms with Gasteiger partial charge in [0.15, 0.2) is 6.23 Å². The molecule has 10 N–H and O–H groups in total. The van der Waals surface area contributed by atoms with Crippen molar-refractivity contribution >= 4 is 23.7 Å². The number of hydrogen-bond acceptors (Lipinski definition) is 12. The fourth-order valence-electron chi connectivity index (χ4n) is 5.30. The number of unbranched alkanes of at least 4 members (excludes halogenated alkanes) is 1. The fourth-order valence-corrected chi connectivity index (χ4v) is 5.30. The van der Waals surface area contributed by atoms with Gasteiger partial charge in [-0.15, -0.1) is 0 Å². The summed E-state index contributed by atoms with van der Waals surface area (Å²) < 4.78 is 25.2. The van der Waals surface area contributed by atoms with E-state index in [-0.39, 0.29) is 6.42 Å². The Balaban J connectivity index is 1.65. The van der Waals surface area contributed by atoms with Crippen molar-refractivity contribution in [2.75, 3.05) is 13.2 Å². The molecular formula is C33H48FN7O10. The van der Waals surface area contributed by atoms with Crippen LogP contribution in [0.25, 0.3) is 0 Å². The molecule has 0 radical (unpaired) electrons. The third-order valence-electron chi connectivity index (χ3n) is 8.66. The normalized spacial score (nSPS) is 21.5. The highest BCUT2D eigenvalue weighted by Gasteiger charge is 2.45. The number of benzene rings is 1. The number of nitrogens with two attached hydrogens (primary N) is 2. The van der Waals surface area contributed by atoms with Crippen molar-refractivity contribution in [3.8, 4) is 0 Å². The van der Waals surface area contributed by atoms with E-state index in [1.165, 1.54) is 6.92 Å². The van der Waals surface area contributed by atoms with Crippen LogP contribution in [-0.2, 0) is 35.1 Å². The monoisotopic (exact) mass is 721 g/mol. The first kappa shape index (κ1) is 40.9. The van der Waals surface area contributed by atoms with Crippen molar-refractivity contribution in [1.29, 1.82) is 0 Å². The van der Waals surface area contributed by atoms with E-state index < -0.39 is 102 Å². The molecule has 0 bridgehead atoms. The van der Waals surface area contributed by atoms with Gasteiger partial charge in [0.2, 0.25) is 23.5 Å². The van der Waals surface area contributed by atoms with Crippen molar-refractivity contribution in [1.82, 2.24) is 25.5 Å². The predicted molar refractivity (Wildman–Crippen MR) is 180 cm³/mol. The summed E-state index contributed by atoms with van der Waals surface area (Å²) in [7, 11) is 0. The summed E-state index contributed by atoms with van der Waals surface area (Å²) in [5.41, 5.74) is 9.92. The van der Waals surface area contributed by atoms with Crippen molar-refractivity contribution in [2.45, 2.75) is 102 Å². The van der Waals surface area contributed by atoms with Gasteiger partial charge in [-0.1, -0.05) is 57.0 Å². The van der Waals surface area contributed by atoms with E-state index in [4.69, 9.17) is 20.9 Å². The number of carbonyl (C=O) groups excluding carboxylic acids is 4. The number of amides is 3. The summed E-state index contributed by atoms with van der Waals surface area (Å²) in [4.78, 5) is 78.0. The molecule has 0 aliphatic carbocycles. The quantitative estimate of drug-likeness (QED) is 0.0617. The zero-order valence-corrected chi connectivity index (χ0v) is 28.8. The highest BCUT2D eigenvalue weighted by molar-refractivity contribution is 5.94. The molecule has 1 aromatic heterocycles. The van der Waals surface area contributed by atoms with Gasteiger partial charge < -0.3 is 47.1 Å². The molecule has 2 aromatic rings. The standard InChI is InChI=1S/C33H48FN7O10/c1-4-17(2)24(32(48)50-16-23-25(42)26(43)31(51-23)41-15-20(34)28(45)40-33(41)49)39-27(44)18(3)37-30(47)22(14-19-10-6-5-7-11-19)38-29(46)21(36)12-8-9-13-35/h5-7,10-11,15,17-18,21-26,31,42-43H,4,8-9,12-14,16,35-36H2,1-3H3,(H,37,47)(H,38,46)(H,39,44)(H,40,45,49)/t17-,18-,21-,22-,23+,24-,25+,26+,31+/m0/s1. The van der Waals surface area contributed by atoms with Crippen LogP contribution in [0.2, 0.25) is 0 Å². The highest BCUT2D eigenvalue weighted by atomic mass is 19.1. The lowest BCUT2D eigenvalue weighted by atomic mass is 9.98. The Morgan fingerprint density at radius 2 is 1.71 bits per heavy atom. The number of ether oxygens (including phenoxy) is 2. The summed E-state index contributed by atoms with van der Waals surface area (Å²) in [5, 5.41) is 28.8. The van der Waals surface area contributed by atoms with Crippen LogP contribution in [0.4, 0.5) is 4.39 Å². The molecule has 51 heavy (non-hydrogen) atoms. The van der Waals surface area contributed by atoms with Gasteiger partial charge in [-0.05, 0) is 37.8 Å². The molecule has 2 heterocycles. The van der Waals surface area contributed by atoms with Gasteiger partial charge in [0.05, 0.1) is 12.2 Å². The predicted octanol–water partition coefficient (Wildman–Crippen LogP) is -1.94. The lowest BCUT2D eigenvalue weighted by molar-refractivity contribution is -0.155. The summed E-state index contributed by atoms with van der Waals surface area (Å²) in [6, 6.07) is 4.60. The number of nitrogens with one attached hydrogen (secondary N) is 4. The van der Waals surface area contributed by atoms with Crippen LogP contribution >= 0.6 is 0 Å².